The summed E-state index contributed by atoms with van der Waals surface area (Å²) in [5, 5.41) is 12.0. The number of ether oxygens (including phenoxy) is 1. The zero-order valence-electron chi connectivity index (χ0n) is 7.05. The van der Waals surface area contributed by atoms with Gasteiger partial charge in [0.25, 0.3) is 0 Å². The van der Waals surface area contributed by atoms with E-state index in [1.807, 2.05) is 6.92 Å². The first-order valence-electron chi connectivity index (χ1n) is 4.32. The Morgan fingerprint density at radius 3 is 3.09 bits per heavy atom. The van der Waals surface area contributed by atoms with Crippen molar-refractivity contribution in [1.29, 1.82) is 0 Å². The van der Waals surface area contributed by atoms with E-state index in [2.05, 4.69) is 5.32 Å². The maximum Gasteiger partial charge on any atom is 0.0714 e. The molecule has 1 saturated heterocycles. The lowest BCUT2D eigenvalue weighted by Gasteiger charge is -2.08. The van der Waals surface area contributed by atoms with Crippen LogP contribution in [-0.2, 0) is 4.74 Å². The van der Waals surface area contributed by atoms with Gasteiger partial charge in [0.1, 0.15) is 0 Å². The summed E-state index contributed by atoms with van der Waals surface area (Å²) in [5.41, 5.74) is 0. The molecule has 1 fully saturated rings. The largest absolute Gasteiger partial charge is 0.396 e. The molecule has 11 heavy (non-hydrogen) atoms. The van der Waals surface area contributed by atoms with Crippen molar-refractivity contribution in [3.05, 3.63) is 0 Å². The van der Waals surface area contributed by atoms with Gasteiger partial charge in [-0.05, 0) is 19.8 Å². The molecule has 1 aliphatic rings. The van der Waals surface area contributed by atoms with Gasteiger partial charge in [0.15, 0.2) is 0 Å². The van der Waals surface area contributed by atoms with Gasteiger partial charge in [-0.15, -0.1) is 0 Å². The van der Waals surface area contributed by atoms with E-state index in [1.165, 1.54) is 0 Å². The Balaban J connectivity index is 2.12. The van der Waals surface area contributed by atoms with Crippen LogP contribution >= 0.6 is 0 Å². The van der Waals surface area contributed by atoms with Gasteiger partial charge in [-0.3, -0.25) is 0 Å². The average molecular weight is 159 g/mol. The van der Waals surface area contributed by atoms with Crippen molar-refractivity contribution in [2.45, 2.75) is 31.9 Å². The van der Waals surface area contributed by atoms with Gasteiger partial charge in [0.2, 0.25) is 0 Å². The Morgan fingerprint density at radius 1 is 1.64 bits per heavy atom. The second kappa shape index (κ2) is 4.70. The maximum absolute atomic E-state index is 8.66. The molecule has 1 rings (SSSR count). The van der Waals surface area contributed by atoms with E-state index in [4.69, 9.17) is 9.84 Å². The molecule has 0 saturated carbocycles. The molecule has 2 N–H and O–H groups in total. The maximum atomic E-state index is 8.66. The second-order valence-corrected chi connectivity index (χ2v) is 2.93. The van der Waals surface area contributed by atoms with E-state index in [9.17, 15) is 0 Å². The van der Waals surface area contributed by atoms with Gasteiger partial charge in [-0.2, -0.15) is 0 Å². The van der Waals surface area contributed by atoms with Crippen LogP contribution in [0.4, 0.5) is 0 Å². The van der Waals surface area contributed by atoms with Crippen molar-refractivity contribution in [2.75, 3.05) is 19.8 Å². The molecule has 0 amide bonds. The molecule has 0 aliphatic carbocycles. The zero-order valence-corrected chi connectivity index (χ0v) is 7.05. The van der Waals surface area contributed by atoms with Crippen molar-refractivity contribution in [3.63, 3.8) is 0 Å². The predicted octanol–water partition coefficient (Wildman–Crippen LogP) is 0.136. The van der Waals surface area contributed by atoms with Crippen molar-refractivity contribution in [3.8, 4) is 0 Å². The van der Waals surface area contributed by atoms with Crippen LogP contribution in [0, 0.1) is 0 Å². The predicted molar refractivity (Wildman–Crippen MR) is 43.5 cm³/mol. The fraction of sp³-hybridized carbons (Fsp3) is 1.00. The molecule has 0 aromatic heterocycles. The van der Waals surface area contributed by atoms with Crippen molar-refractivity contribution in [2.24, 2.45) is 0 Å². The normalized spacial score (nSPS) is 31.1. The highest BCUT2D eigenvalue weighted by atomic mass is 16.5. The van der Waals surface area contributed by atoms with Crippen LogP contribution in [0.25, 0.3) is 0 Å². The highest BCUT2D eigenvalue weighted by Crippen LogP contribution is 2.12. The van der Waals surface area contributed by atoms with E-state index >= 15 is 0 Å². The third-order valence-electron chi connectivity index (χ3n) is 2.06. The third-order valence-corrected chi connectivity index (χ3v) is 2.06. The Labute approximate surface area is 67.7 Å². The Hall–Kier alpha value is -0.120. The minimum atomic E-state index is 0.274. The molecular formula is C8H17NO2. The van der Waals surface area contributed by atoms with Gasteiger partial charge < -0.3 is 15.2 Å². The van der Waals surface area contributed by atoms with Crippen LogP contribution in [0.1, 0.15) is 19.8 Å². The van der Waals surface area contributed by atoms with E-state index in [0.717, 1.165) is 26.0 Å². The highest BCUT2D eigenvalue weighted by Gasteiger charge is 2.23. The SMILES string of the molecule is CCO[C@H]1CN[C@H](CCO)C1. The molecule has 3 heteroatoms. The molecule has 0 unspecified atom stereocenters. The summed E-state index contributed by atoms with van der Waals surface area (Å²) in [6.07, 6.45) is 2.27. The molecule has 0 radical (unpaired) electrons. The smallest absolute Gasteiger partial charge is 0.0714 e. The molecule has 2 atom stereocenters. The van der Waals surface area contributed by atoms with Crippen LogP contribution in [0.3, 0.4) is 0 Å². The quantitative estimate of drug-likeness (QED) is 0.613. The monoisotopic (exact) mass is 159 g/mol. The third kappa shape index (κ3) is 2.77. The summed E-state index contributed by atoms with van der Waals surface area (Å²) < 4.78 is 5.44. The fourth-order valence-corrected chi connectivity index (χ4v) is 1.52. The number of hydrogen-bond acceptors (Lipinski definition) is 3. The van der Waals surface area contributed by atoms with E-state index in [-0.39, 0.29) is 6.61 Å². The first-order valence-corrected chi connectivity index (χ1v) is 4.32. The van der Waals surface area contributed by atoms with E-state index in [0.29, 0.717) is 12.1 Å². The molecule has 0 aromatic rings. The topological polar surface area (TPSA) is 41.5 Å². The summed E-state index contributed by atoms with van der Waals surface area (Å²) in [7, 11) is 0. The zero-order chi connectivity index (χ0) is 8.10. The van der Waals surface area contributed by atoms with Gasteiger partial charge in [0.05, 0.1) is 6.10 Å². The summed E-state index contributed by atoms with van der Waals surface area (Å²) in [5.74, 6) is 0. The summed E-state index contributed by atoms with van der Waals surface area (Å²) in [4.78, 5) is 0. The van der Waals surface area contributed by atoms with Crippen molar-refractivity contribution in [1.82, 2.24) is 5.32 Å². The summed E-state index contributed by atoms with van der Waals surface area (Å²) in [6, 6.07) is 0.469. The Morgan fingerprint density at radius 2 is 2.45 bits per heavy atom. The van der Waals surface area contributed by atoms with E-state index in [1.54, 1.807) is 0 Å². The van der Waals surface area contributed by atoms with Gasteiger partial charge >= 0.3 is 0 Å². The van der Waals surface area contributed by atoms with Crippen LogP contribution in [-0.4, -0.2) is 37.0 Å². The molecule has 66 valence electrons. The number of hydrogen-bond donors (Lipinski definition) is 2. The lowest BCUT2D eigenvalue weighted by Crippen LogP contribution is -2.22. The standard InChI is InChI=1S/C8H17NO2/c1-2-11-8-5-7(3-4-10)9-6-8/h7-10H,2-6H2,1H3/t7-,8-/m1/s1. The summed E-state index contributed by atoms with van der Waals surface area (Å²) in [6.45, 7) is 4.02. The van der Waals surface area contributed by atoms with Crippen molar-refractivity contribution >= 4 is 0 Å². The average Bonchev–Trinajstić information content (AvgIpc) is 2.38. The molecule has 3 nitrogen and oxygen atoms in total. The number of nitrogens with one attached hydrogen (secondary N) is 1. The summed E-state index contributed by atoms with van der Waals surface area (Å²) >= 11 is 0. The fourth-order valence-electron chi connectivity index (χ4n) is 1.52. The lowest BCUT2D eigenvalue weighted by molar-refractivity contribution is 0.0751. The number of aliphatic hydroxyl groups excluding tert-OH is 1. The van der Waals surface area contributed by atoms with Crippen LogP contribution in [0.2, 0.25) is 0 Å². The molecule has 0 aromatic carbocycles. The molecular weight excluding hydrogens is 142 g/mol. The number of rotatable bonds is 4. The number of aliphatic hydroxyl groups is 1. The minimum absolute atomic E-state index is 0.274. The first-order chi connectivity index (χ1) is 5.36. The van der Waals surface area contributed by atoms with Gasteiger partial charge in [0, 0.05) is 25.8 Å². The van der Waals surface area contributed by atoms with Crippen LogP contribution in [0.15, 0.2) is 0 Å². The lowest BCUT2D eigenvalue weighted by atomic mass is 10.1. The Kier molecular flexibility index (Phi) is 3.83. The Bertz CT molecular complexity index is 96.3. The molecule has 0 spiro atoms. The van der Waals surface area contributed by atoms with Crippen molar-refractivity contribution < 1.29 is 9.84 Å². The van der Waals surface area contributed by atoms with Gasteiger partial charge in [-0.1, -0.05) is 0 Å². The second-order valence-electron chi connectivity index (χ2n) is 2.93. The molecule has 0 bridgehead atoms. The highest BCUT2D eigenvalue weighted by molar-refractivity contribution is 4.81. The van der Waals surface area contributed by atoms with E-state index < -0.39 is 0 Å². The molecule has 1 aliphatic heterocycles. The van der Waals surface area contributed by atoms with Crippen LogP contribution in [0.5, 0.6) is 0 Å². The van der Waals surface area contributed by atoms with Gasteiger partial charge in [-0.25, -0.2) is 0 Å². The first kappa shape index (κ1) is 8.97. The minimum Gasteiger partial charge on any atom is -0.396 e. The van der Waals surface area contributed by atoms with Crippen LogP contribution < -0.4 is 5.32 Å². The molecule has 1 heterocycles.